The van der Waals surface area contributed by atoms with Crippen molar-refractivity contribution in [2.75, 3.05) is 6.61 Å². The number of nitrogens with zero attached hydrogens (tertiary/aromatic N) is 2. The number of aromatic nitrogens is 1. The van der Waals surface area contributed by atoms with E-state index < -0.39 is 22.8 Å². The Hall–Kier alpha value is -1.70. The first kappa shape index (κ1) is 15.4. The minimum absolute atomic E-state index is 0.0336. The van der Waals surface area contributed by atoms with Crippen molar-refractivity contribution in [2.45, 2.75) is 26.9 Å². The average Bonchev–Trinajstić information content (AvgIpc) is 2.32. The molecule has 1 aromatic heterocycles. The lowest BCUT2D eigenvalue weighted by Gasteiger charge is -2.14. The standard InChI is InChI=1S/C11H13BrN2O5/c1-4-18-11(15)7(3)19-9-6(2)5-8(12)13-10(9)14(16)17/h5,7H,4H2,1-3H3. The molecule has 7 nitrogen and oxygen atoms in total. The van der Waals surface area contributed by atoms with Crippen molar-refractivity contribution in [1.29, 1.82) is 0 Å². The van der Waals surface area contributed by atoms with E-state index in [0.29, 0.717) is 10.2 Å². The molecule has 0 saturated heterocycles. The molecule has 0 amide bonds. The zero-order valence-electron chi connectivity index (χ0n) is 10.7. The Labute approximate surface area is 118 Å². The molecule has 0 saturated carbocycles. The van der Waals surface area contributed by atoms with Gasteiger partial charge in [0.2, 0.25) is 10.4 Å². The van der Waals surface area contributed by atoms with E-state index >= 15 is 0 Å². The maximum Gasteiger partial charge on any atom is 0.407 e. The molecule has 1 unspecified atom stereocenters. The molecule has 0 radical (unpaired) electrons. The third-order valence-electron chi connectivity index (χ3n) is 2.20. The molecule has 0 bridgehead atoms. The van der Waals surface area contributed by atoms with E-state index in [2.05, 4.69) is 20.9 Å². The van der Waals surface area contributed by atoms with Gasteiger partial charge in [-0.2, -0.15) is 0 Å². The average molecular weight is 333 g/mol. The Kier molecular flexibility index (Phi) is 5.22. The van der Waals surface area contributed by atoms with Gasteiger partial charge in [0, 0.05) is 27.6 Å². The van der Waals surface area contributed by atoms with Gasteiger partial charge in [0.1, 0.15) is 0 Å². The Bertz CT molecular complexity index is 506. The SMILES string of the molecule is CCOC(=O)C(C)Oc1c(C)cc(Br)nc1[N+](=O)[O-]. The molecule has 0 fully saturated rings. The van der Waals surface area contributed by atoms with Gasteiger partial charge < -0.3 is 19.6 Å². The van der Waals surface area contributed by atoms with Gasteiger partial charge in [-0.1, -0.05) is 0 Å². The zero-order chi connectivity index (χ0) is 14.6. The molecule has 0 aliphatic heterocycles. The molecule has 0 spiro atoms. The second-order valence-electron chi connectivity index (χ2n) is 3.68. The molecule has 8 heteroatoms. The van der Waals surface area contributed by atoms with Crippen molar-refractivity contribution in [3.05, 3.63) is 26.3 Å². The highest BCUT2D eigenvalue weighted by Gasteiger charge is 2.26. The van der Waals surface area contributed by atoms with Crippen molar-refractivity contribution < 1.29 is 19.2 Å². The number of aryl methyl sites for hydroxylation is 1. The summed E-state index contributed by atoms with van der Waals surface area (Å²) in [5.41, 5.74) is 0.504. The van der Waals surface area contributed by atoms with E-state index in [1.807, 2.05) is 0 Å². The fourth-order valence-electron chi connectivity index (χ4n) is 1.36. The van der Waals surface area contributed by atoms with Crippen molar-refractivity contribution in [3.63, 3.8) is 0 Å². The zero-order valence-corrected chi connectivity index (χ0v) is 12.3. The van der Waals surface area contributed by atoms with Gasteiger partial charge in [-0.3, -0.25) is 0 Å². The van der Waals surface area contributed by atoms with Crippen LogP contribution in [0.4, 0.5) is 5.82 Å². The third kappa shape index (κ3) is 3.88. The summed E-state index contributed by atoms with van der Waals surface area (Å²) in [5.74, 6) is -1.06. The van der Waals surface area contributed by atoms with Gasteiger partial charge in [-0.05, 0) is 30.7 Å². The monoisotopic (exact) mass is 332 g/mol. The summed E-state index contributed by atoms with van der Waals surface area (Å²) in [6.07, 6.45) is -0.944. The summed E-state index contributed by atoms with van der Waals surface area (Å²) in [6, 6.07) is 1.57. The molecule has 0 aliphatic rings. The second-order valence-corrected chi connectivity index (χ2v) is 4.50. The lowest BCUT2D eigenvalue weighted by atomic mass is 10.2. The molecule has 1 rings (SSSR count). The number of rotatable bonds is 5. The molecular weight excluding hydrogens is 320 g/mol. The van der Waals surface area contributed by atoms with Crippen LogP contribution >= 0.6 is 15.9 Å². The van der Waals surface area contributed by atoms with Crippen LogP contribution in [0, 0.1) is 17.0 Å². The van der Waals surface area contributed by atoms with Gasteiger partial charge in [0.15, 0.2) is 6.10 Å². The van der Waals surface area contributed by atoms with E-state index in [9.17, 15) is 14.9 Å². The third-order valence-corrected chi connectivity index (χ3v) is 2.60. The normalized spacial score (nSPS) is 11.8. The van der Waals surface area contributed by atoms with Gasteiger partial charge in [-0.25, -0.2) is 4.79 Å². The summed E-state index contributed by atoms with van der Waals surface area (Å²) < 4.78 is 10.4. The molecule has 0 N–H and O–H groups in total. The lowest BCUT2D eigenvalue weighted by molar-refractivity contribution is -0.390. The molecule has 104 valence electrons. The van der Waals surface area contributed by atoms with Crippen molar-refractivity contribution >= 4 is 27.7 Å². The van der Waals surface area contributed by atoms with Crippen LogP contribution in [0.1, 0.15) is 19.4 Å². The minimum atomic E-state index is -0.944. The van der Waals surface area contributed by atoms with E-state index in [-0.39, 0.29) is 12.4 Å². The Morgan fingerprint density at radius 3 is 2.79 bits per heavy atom. The largest absolute Gasteiger partial charge is 0.470 e. The highest BCUT2D eigenvalue weighted by atomic mass is 79.9. The van der Waals surface area contributed by atoms with Crippen LogP contribution in [0.2, 0.25) is 0 Å². The van der Waals surface area contributed by atoms with Gasteiger partial charge >= 0.3 is 11.8 Å². The van der Waals surface area contributed by atoms with Crippen LogP contribution in [0.15, 0.2) is 10.7 Å². The van der Waals surface area contributed by atoms with Crippen LogP contribution < -0.4 is 4.74 Å². The highest BCUT2D eigenvalue weighted by molar-refractivity contribution is 9.10. The van der Waals surface area contributed by atoms with Crippen LogP contribution in [-0.4, -0.2) is 28.6 Å². The molecule has 1 atom stereocenters. The summed E-state index contributed by atoms with van der Waals surface area (Å²) >= 11 is 3.07. The first-order chi connectivity index (χ1) is 8.86. The maximum atomic E-state index is 11.5. The van der Waals surface area contributed by atoms with Gasteiger partial charge in [-0.15, -0.1) is 0 Å². The number of ether oxygens (including phenoxy) is 2. The van der Waals surface area contributed by atoms with Crippen LogP contribution in [0.3, 0.4) is 0 Å². The Balaban J connectivity index is 3.06. The number of halogens is 1. The van der Waals surface area contributed by atoms with Crippen LogP contribution in [-0.2, 0) is 9.53 Å². The Morgan fingerprint density at radius 2 is 2.26 bits per heavy atom. The minimum Gasteiger partial charge on any atom is -0.470 e. The second kappa shape index (κ2) is 6.46. The number of hydrogen-bond donors (Lipinski definition) is 0. The topological polar surface area (TPSA) is 91.6 Å². The van der Waals surface area contributed by atoms with Crippen molar-refractivity contribution in [3.8, 4) is 5.75 Å². The number of carbonyl (C=O) groups excluding carboxylic acids is 1. The fourth-order valence-corrected chi connectivity index (χ4v) is 1.87. The predicted octanol–water partition coefficient (Wildman–Crippen LogP) is 2.39. The highest BCUT2D eigenvalue weighted by Crippen LogP contribution is 2.31. The van der Waals surface area contributed by atoms with E-state index in [4.69, 9.17) is 9.47 Å². The molecule has 0 aliphatic carbocycles. The molecule has 0 aromatic carbocycles. The number of carbonyl (C=O) groups is 1. The van der Waals surface area contributed by atoms with E-state index in [1.165, 1.54) is 6.92 Å². The Morgan fingerprint density at radius 1 is 1.63 bits per heavy atom. The number of nitro groups is 1. The lowest BCUT2D eigenvalue weighted by Crippen LogP contribution is -2.26. The quantitative estimate of drug-likeness (QED) is 0.356. The fraction of sp³-hybridized carbons (Fsp3) is 0.455. The molecular formula is C11H13BrN2O5. The first-order valence-corrected chi connectivity index (χ1v) is 6.31. The summed E-state index contributed by atoms with van der Waals surface area (Å²) in [4.78, 5) is 25.5. The van der Waals surface area contributed by atoms with Crippen LogP contribution in [0.5, 0.6) is 5.75 Å². The van der Waals surface area contributed by atoms with Crippen molar-refractivity contribution in [2.24, 2.45) is 0 Å². The maximum absolute atomic E-state index is 11.5. The molecule has 19 heavy (non-hydrogen) atoms. The predicted molar refractivity (Wildman–Crippen MR) is 70.1 cm³/mol. The van der Waals surface area contributed by atoms with Crippen molar-refractivity contribution in [1.82, 2.24) is 4.98 Å². The smallest absolute Gasteiger partial charge is 0.407 e. The van der Waals surface area contributed by atoms with Gasteiger partial charge in [0.05, 0.1) is 6.61 Å². The van der Waals surface area contributed by atoms with Crippen LogP contribution in [0.25, 0.3) is 0 Å². The number of esters is 1. The van der Waals surface area contributed by atoms with Gasteiger partial charge in [0.25, 0.3) is 0 Å². The molecule has 1 heterocycles. The first-order valence-electron chi connectivity index (χ1n) is 5.51. The summed E-state index contributed by atoms with van der Waals surface area (Å²) in [6.45, 7) is 4.97. The molecule has 1 aromatic rings. The van der Waals surface area contributed by atoms with E-state index in [1.54, 1.807) is 19.9 Å². The van der Waals surface area contributed by atoms with E-state index in [0.717, 1.165) is 0 Å². The number of pyridine rings is 1. The number of hydrogen-bond acceptors (Lipinski definition) is 6. The summed E-state index contributed by atoms with van der Waals surface area (Å²) in [7, 11) is 0. The summed E-state index contributed by atoms with van der Waals surface area (Å²) in [5, 5.41) is 10.9.